The van der Waals surface area contributed by atoms with Gasteiger partial charge < -0.3 is 10.6 Å². The van der Waals surface area contributed by atoms with Gasteiger partial charge in [-0.25, -0.2) is 0 Å². The Morgan fingerprint density at radius 1 is 1.50 bits per heavy atom. The molecule has 12 heavy (non-hydrogen) atoms. The van der Waals surface area contributed by atoms with Crippen LogP contribution in [0.2, 0.25) is 0 Å². The first kappa shape index (κ1) is 9.52. The topological polar surface area (TPSA) is 46.3 Å². The second-order valence-electron chi connectivity index (χ2n) is 3.68. The molecular formula is C9H18N2O. The molecule has 1 fully saturated rings. The molecule has 0 aromatic rings. The maximum absolute atomic E-state index is 11.7. The molecule has 3 nitrogen and oxygen atoms in total. The predicted molar refractivity (Wildman–Crippen MR) is 48.7 cm³/mol. The zero-order valence-electron chi connectivity index (χ0n) is 7.97. The van der Waals surface area contributed by atoms with Crippen LogP contribution in [0.1, 0.15) is 32.6 Å². The van der Waals surface area contributed by atoms with Gasteiger partial charge in [-0.2, -0.15) is 0 Å². The number of amides is 1. The van der Waals surface area contributed by atoms with Gasteiger partial charge in [-0.1, -0.05) is 12.8 Å². The standard InChI is InChI=1S/C9H18N2O/c1-3-11(2)8(12)9(10)6-4-5-7-9/h3-7,10H2,1-2H3. The fraction of sp³-hybridized carbons (Fsp3) is 0.889. The molecule has 1 rings (SSSR count). The zero-order valence-corrected chi connectivity index (χ0v) is 7.97. The van der Waals surface area contributed by atoms with E-state index in [1.807, 2.05) is 14.0 Å². The molecule has 2 N–H and O–H groups in total. The van der Waals surface area contributed by atoms with E-state index >= 15 is 0 Å². The van der Waals surface area contributed by atoms with Crippen molar-refractivity contribution in [3.05, 3.63) is 0 Å². The number of hydrogen-bond acceptors (Lipinski definition) is 2. The van der Waals surface area contributed by atoms with Crippen LogP contribution in [0, 0.1) is 0 Å². The molecule has 70 valence electrons. The number of nitrogens with two attached hydrogens (primary N) is 1. The van der Waals surface area contributed by atoms with Gasteiger partial charge in [-0.05, 0) is 19.8 Å². The molecule has 0 spiro atoms. The van der Waals surface area contributed by atoms with Crippen molar-refractivity contribution >= 4 is 5.91 Å². The van der Waals surface area contributed by atoms with Crippen LogP contribution in [0.5, 0.6) is 0 Å². The van der Waals surface area contributed by atoms with Crippen molar-refractivity contribution in [3.8, 4) is 0 Å². The number of carbonyl (C=O) groups excluding carboxylic acids is 1. The van der Waals surface area contributed by atoms with Crippen LogP contribution >= 0.6 is 0 Å². The van der Waals surface area contributed by atoms with Crippen LogP contribution in [0.4, 0.5) is 0 Å². The molecule has 0 aliphatic heterocycles. The number of nitrogens with zero attached hydrogens (tertiary/aromatic N) is 1. The summed E-state index contributed by atoms with van der Waals surface area (Å²) >= 11 is 0. The third-order valence-electron chi connectivity index (χ3n) is 2.74. The second kappa shape index (κ2) is 3.44. The van der Waals surface area contributed by atoms with E-state index < -0.39 is 5.54 Å². The summed E-state index contributed by atoms with van der Waals surface area (Å²) in [5.41, 5.74) is 5.45. The van der Waals surface area contributed by atoms with E-state index in [4.69, 9.17) is 5.73 Å². The van der Waals surface area contributed by atoms with Gasteiger partial charge in [0, 0.05) is 13.6 Å². The highest BCUT2D eigenvalue weighted by Gasteiger charge is 2.38. The Labute approximate surface area is 73.9 Å². The molecular weight excluding hydrogens is 152 g/mol. The summed E-state index contributed by atoms with van der Waals surface area (Å²) in [5.74, 6) is 0.113. The molecule has 1 aliphatic carbocycles. The molecule has 0 unspecified atom stereocenters. The molecule has 0 bridgehead atoms. The van der Waals surface area contributed by atoms with Crippen molar-refractivity contribution in [3.63, 3.8) is 0 Å². The summed E-state index contributed by atoms with van der Waals surface area (Å²) < 4.78 is 0. The number of rotatable bonds is 2. The zero-order chi connectivity index (χ0) is 9.19. The monoisotopic (exact) mass is 170 g/mol. The van der Waals surface area contributed by atoms with E-state index in [2.05, 4.69) is 0 Å². The first-order chi connectivity index (χ1) is 5.60. The molecule has 1 amide bonds. The lowest BCUT2D eigenvalue weighted by atomic mass is 9.97. The highest BCUT2D eigenvalue weighted by atomic mass is 16.2. The molecule has 1 saturated carbocycles. The minimum absolute atomic E-state index is 0.113. The summed E-state index contributed by atoms with van der Waals surface area (Å²) in [4.78, 5) is 13.4. The van der Waals surface area contributed by atoms with Crippen LogP contribution < -0.4 is 5.73 Å². The summed E-state index contributed by atoms with van der Waals surface area (Å²) in [6.45, 7) is 2.72. The largest absolute Gasteiger partial charge is 0.344 e. The van der Waals surface area contributed by atoms with Crippen molar-refractivity contribution in [2.24, 2.45) is 5.73 Å². The Hall–Kier alpha value is -0.570. The average Bonchev–Trinajstić information content (AvgIpc) is 2.50. The van der Waals surface area contributed by atoms with Gasteiger partial charge in [-0.3, -0.25) is 4.79 Å². The van der Waals surface area contributed by atoms with E-state index in [9.17, 15) is 4.79 Å². The van der Waals surface area contributed by atoms with Gasteiger partial charge in [0.2, 0.25) is 5.91 Å². The van der Waals surface area contributed by atoms with Crippen LogP contribution in [0.25, 0.3) is 0 Å². The van der Waals surface area contributed by atoms with E-state index in [1.54, 1.807) is 4.90 Å². The van der Waals surface area contributed by atoms with Crippen LogP contribution in [0.3, 0.4) is 0 Å². The Balaban J connectivity index is 2.61. The lowest BCUT2D eigenvalue weighted by Crippen LogP contribution is -2.52. The Morgan fingerprint density at radius 3 is 2.42 bits per heavy atom. The lowest BCUT2D eigenvalue weighted by molar-refractivity contribution is -0.135. The quantitative estimate of drug-likeness (QED) is 0.664. The van der Waals surface area contributed by atoms with Gasteiger partial charge in [0.05, 0.1) is 5.54 Å². The predicted octanol–water partition coefficient (Wildman–Crippen LogP) is 0.736. The average molecular weight is 170 g/mol. The summed E-state index contributed by atoms with van der Waals surface area (Å²) in [6, 6.07) is 0. The van der Waals surface area contributed by atoms with Crippen molar-refractivity contribution in [1.29, 1.82) is 0 Å². The van der Waals surface area contributed by atoms with Crippen molar-refractivity contribution in [2.45, 2.75) is 38.1 Å². The third kappa shape index (κ3) is 1.61. The maximum Gasteiger partial charge on any atom is 0.242 e. The van der Waals surface area contributed by atoms with Gasteiger partial charge in [0.1, 0.15) is 0 Å². The molecule has 1 aliphatic rings. The summed E-state index contributed by atoms with van der Waals surface area (Å²) in [5, 5.41) is 0. The maximum atomic E-state index is 11.7. The number of carbonyl (C=O) groups is 1. The van der Waals surface area contributed by atoms with E-state index in [-0.39, 0.29) is 5.91 Å². The molecule has 0 radical (unpaired) electrons. The van der Waals surface area contributed by atoms with Gasteiger partial charge in [-0.15, -0.1) is 0 Å². The van der Waals surface area contributed by atoms with Crippen LogP contribution in [0.15, 0.2) is 0 Å². The molecule has 0 saturated heterocycles. The van der Waals surface area contributed by atoms with Crippen molar-refractivity contribution in [1.82, 2.24) is 4.90 Å². The third-order valence-corrected chi connectivity index (χ3v) is 2.74. The van der Waals surface area contributed by atoms with Gasteiger partial charge in [0.25, 0.3) is 0 Å². The molecule has 0 atom stereocenters. The molecule has 0 aromatic carbocycles. The minimum Gasteiger partial charge on any atom is -0.344 e. The Morgan fingerprint density at radius 2 is 2.00 bits per heavy atom. The minimum atomic E-state index is -0.537. The van der Waals surface area contributed by atoms with E-state index in [0.29, 0.717) is 0 Å². The first-order valence-electron chi connectivity index (χ1n) is 4.64. The normalized spacial score (nSPS) is 20.9. The Kier molecular flexibility index (Phi) is 2.73. The first-order valence-corrected chi connectivity index (χ1v) is 4.64. The van der Waals surface area contributed by atoms with Crippen molar-refractivity contribution in [2.75, 3.05) is 13.6 Å². The SMILES string of the molecule is CCN(C)C(=O)C1(N)CCCC1. The summed E-state index contributed by atoms with van der Waals surface area (Å²) in [6.07, 6.45) is 3.91. The highest BCUT2D eigenvalue weighted by Crippen LogP contribution is 2.28. The number of hydrogen-bond donors (Lipinski definition) is 1. The summed E-state index contributed by atoms with van der Waals surface area (Å²) in [7, 11) is 1.81. The molecule has 0 heterocycles. The van der Waals surface area contributed by atoms with Gasteiger partial charge >= 0.3 is 0 Å². The fourth-order valence-electron chi connectivity index (χ4n) is 1.74. The second-order valence-corrected chi connectivity index (χ2v) is 3.68. The van der Waals surface area contributed by atoms with E-state index in [1.165, 1.54) is 0 Å². The highest BCUT2D eigenvalue weighted by molar-refractivity contribution is 5.86. The molecule has 3 heteroatoms. The van der Waals surface area contributed by atoms with Gasteiger partial charge in [0.15, 0.2) is 0 Å². The molecule has 0 aromatic heterocycles. The van der Waals surface area contributed by atoms with Crippen molar-refractivity contribution < 1.29 is 4.79 Å². The smallest absolute Gasteiger partial charge is 0.242 e. The fourth-order valence-corrected chi connectivity index (χ4v) is 1.74. The number of likely N-dealkylation sites (N-methyl/N-ethyl adjacent to an activating group) is 1. The Bertz CT molecular complexity index is 173. The van der Waals surface area contributed by atoms with Crippen LogP contribution in [-0.4, -0.2) is 29.9 Å². The lowest BCUT2D eigenvalue weighted by Gasteiger charge is -2.27. The van der Waals surface area contributed by atoms with Crippen LogP contribution in [-0.2, 0) is 4.79 Å². The van der Waals surface area contributed by atoms with E-state index in [0.717, 1.165) is 32.2 Å².